The molecule has 0 heterocycles. The lowest BCUT2D eigenvalue weighted by molar-refractivity contribution is -0.126. The molecule has 0 saturated heterocycles. The largest absolute Gasteiger partial charge is 0.300 e. The van der Waals surface area contributed by atoms with Gasteiger partial charge in [0, 0.05) is 18.8 Å². The fourth-order valence-electron chi connectivity index (χ4n) is 5.67. The van der Waals surface area contributed by atoms with E-state index in [2.05, 4.69) is 25.3 Å². The van der Waals surface area contributed by atoms with Crippen LogP contribution in [0.2, 0.25) is 0 Å². The quantitative estimate of drug-likeness (QED) is 0.533. The third-order valence-electron chi connectivity index (χ3n) is 6.93. The first-order chi connectivity index (χ1) is 10.9. The van der Waals surface area contributed by atoms with Crippen LogP contribution in [0, 0.1) is 40.9 Å². The summed E-state index contributed by atoms with van der Waals surface area (Å²) in [7, 11) is 0. The number of carbonyl (C=O) groups is 2. The van der Waals surface area contributed by atoms with Gasteiger partial charge in [0.05, 0.1) is 6.42 Å². The minimum Gasteiger partial charge on any atom is -0.300 e. The van der Waals surface area contributed by atoms with Gasteiger partial charge in [-0.05, 0) is 62.2 Å². The summed E-state index contributed by atoms with van der Waals surface area (Å²) in [6.07, 6.45) is 7.08. The Morgan fingerprint density at radius 3 is 2.74 bits per heavy atom. The van der Waals surface area contributed by atoms with Crippen molar-refractivity contribution in [1.82, 2.24) is 0 Å². The van der Waals surface area contributed by atoms with E-state index in [0.717, 1.165) is 38.5 Å². The molecule has 0 amide bonds. The van der Waals surface area contributed by atoms with Crippen molar-refractivity contribution >= 4 is 11.6 Å². The molecular formula is C21H28O2. The van der Waals surface area contributed by atoms with Crippen LogP contribution in [-0.4, -0.2) is 11.6 Å². The summed E-state index contributed by atoms with van der Waals surface area (Å²) in [6.45, 7) is 8.44. The van der Waals surface area contributed by atoms with Crippen molar-refractivity contribution in [3.05, 3.63) is 12.2 Å². The van der Waals surface area contributed by atoms with Crippen LogP contribution in [0.25, 0.3) is 0 Å². The van der Waals surface area contributed by atoms with Crippen molar-refractivity contribution in [2.75, 3.05) is 0 Å². The van der Waals surface area contributed by atoms with Gasteiger partial charge in [-0.25, -0.2) is 0 Å². The Hall–Kier alpha value is -1.36. The van der Waals surface area contributed by atoms with Crippen molar-refractivity contribution in [3.63, 3.8) is 0 Å². The minimum absolute atomic E-state index is 0.148. The maximum Gasteiger partial charge on any atom is 0.145 e. The number of carbonyl (C=O) groups excluding carboxylic acids is 2. The summed E-state index contributed by atoms with van der Waals surface area (Å²) in [5.41, 5.74) is 1.40. The van der Waals surface area contributed by atoms with E-state index < -0.39 is 0 Å². The first-order valence-corrected chi connectivity index (χ1v) is 9.09. The summed E-state index contributed by atoms with van der Waals surface area (Å²) in [5, 5.41) is 0. The molecule has 0 spiro atoms. The summed E-state index contributed by atoms with van der Waals surface area (Å²) in [5.74, 6) is 8.79. The highest BCUT2D eigenvalue weighted by Gasteiger charge is 2.54. The standard InChI is InChI=1S/C21H28O2/c1-14-8-9-16(23)6-4-5-7-18-17(14)12-13-21(3)19(15(2)22)10-11-20(18)21/h17-20H,1,6-13H2,2-3H3/t17-,18-,19-,20+,21-/m1/s1. The van der Waals surface area contributed by atoms with Crippen LogP contribution in [-0.2, 0) is 9.59 Å². The maximum absolute atomic E-state index is 12.1. The molecule has 0 aromatic rings. The Morgan fingerprint density at radius 2 is 2.00 bits per heavy atom. The van der Waals surface area contributed by atoms with Crippen LogP contribution in [0.15, 0.2) is 12.2 Å². The Labute approximate surface area is 140 Å². The van der Waals surface area contributed by atoms with Gasteiger partial charge in [0.15, 0.2) is 0 Å². The predicted molar refractivity (Wildman–Crippen MR) is 91.6 cm³/mol. The average molecular weight is 312 g/mol. The van der Waals surface area contributed by atoms with Crippen LogP contribution in [0.4, 0.5) is 0 Å². The second-order valence-electron chi connectivity index (χ2n) is 8.09. The molecule has 2 saturated carbocycles. The van der Waals surface area contributed by atoms with E-state index in [1.54, 1.807) is 6.92 Å². The predicted octanol–water partition coefficient (Wildman–Crippen LogP) is 4.34. The Kier molecular flexibility index (Phi) is 4.50. The molecule has 0 bridgehead atoms. The second-order valence-corrected chi connectivity index (χ2v) is 8.09. The number of rotatable bonds is 1. The molecular weight excluding hydrogens is 284 g/mol. The van der Waals surface area contributed by atoms with Crippen molar-refractivity contribution in [1.29, 1.82) is 0 Å². The molecule has 0 aliphatic heterocycles. The molecule has 0 aromatic heterocycles. The summed E-state index contributed by atoms with van der Waals surface area (Å²) >= 11 is 0. The van der Waals surface area contributed by atoms with E-state index in [1.807, 2.05) is 0 Å². The first kappa shape index (κ1) is 16.5. The minimum atomic E-state index is 0.148. The van der Waals surface area contributed by atoms with Crippen molar-refractivity contribution in [3.8, 4) is 11.8 Å². The highest BCUT2D eigenvalue weighted by molar-refractivity contribution is 5.81. The molecule has 5 atom stereocenters. The van der Waals surface area contributed by atoms with E-state index in [9.17, 15) is 9.59 Å². The van der Waals surface area contributed by atoms with Gasteiger partial charge >= 0.3 is 0 Å². The number of allylic oxidation sites excluding steroid dienone is 1. The number of hydrogen-bond donors (Lipinski definition) is 0. The Balaban J connectivity index is 1.90. The number of hydrogen-bond acceptors (Lipinski definition) is 2. The normalized spacial score (nSPS) is 40.6. The summed E-state index contributed by atoms with van der Waals surface area (Å²) in [4.78, 5) is 23.9. The highest BCUT2D eigenvalue weighted by Crippen LogP contribution is 2.60. The van der Waals surface area contributed by atoms with E-state index in [0.29, 0.717) is 36.4 Å². The zero-order chi connectivity index (χ0) is 16.6. The number of ketones is 2. The molecule has 124 valence electrons. The fraction of sp³-hybridized carbons (Fsp3) is 0.714. The molecule has 2 heteroatoms. The van der Waals surface area contributed by atoms with E-state index >= 15 is 0 Å². The third kappa shape index (κ3) is 2.91. The summed E-state index contributed by atoms with van der Waals surface area (Å²) in [6, 6.07) is 0. The molecule has 0 N–H and O–H groups in total. The van der Waals surface area contributed by atoms with Crippen LogP contribution >= 0.6 is 0 Å². The molecule has 3 aliphatic carbocycles. The molecule has 3 aliphatic rings. The van der Waals surface area contributed by atoms with Crippen LogP contribution in [0.3, 0.4) is 0 Å². The average Bonchev–Trinajstić information content (AvgIpc) is 2.86. The van der Waals surface area contributed by atoms with Crippen LogP contribution in [0.5, 0.6) is 0 Å². The third-order valence-corrected chi connectivity index (χ3v) is 6.93. The van der Waals surface area contributed by atoms with E-state index in [1.165, 1.54) is 5.57 Å². The van der Waals surface area contributed by atoms with Gasteiger partial charge in [0.2, 0.25) is 0 Å². The zero-order valence-corrected chi connectivity index (χ0v) is 14.5. The van der Waals surface area contributed by atoms with E-state index in [-0.39, 0.29) is 17.1 Å². The SMILES string of the molecule is C=C1CCC(=O)CC#CC[C@@H]2[C@@H]1CC[C@]1(C)[C@@H](C(C)=O)CC[C@@H]21. The number of fused-ring (bicyclic) bond motifs is 3. The van der Waals surface area contributed by atoms with Crippen molar-refractivity contribution in [2.24, 2.45) is 29.1 Å². The van der Waals surface area contributed by atoms with Crippen molar-refractivity contribution < 1.29 is 9.59 Å². The summed E-state index contributed by atoms with van der Waals surface area (Å²) < 4.78 is 0. The molecule has 2 fully saturated rings. The topological polar surface area (TPSA) is 34.1 Å². The monoisotopic (exact) mass is 312 g/mol. The van der Waals surface area contributed by atoms with Crippen LogP contribution in [0.1, 0.15) is 65.2 Å². The molecule has 0 unspecified atom stereocenters. The zero-order valence-electron chi connectivity index (χ0n) is 14.5. The first-order valence-electron chi connectivity index (χ1n) is 9.09. The van der Waals surface area contributed by atoms with Crippen molar-refractivity contribution in [2.45, 2.75) is 65.2 Å². The number of Topliss-reactive ketones (excluding diaryl/α,β-unsaturated/α-hetero) is 2. The van der Waals surface area contributed by atoms with Gasteiger partial charge in [-0.3, -0.25) is 9.59 Å². The van der Waals surface area contributed by atoms with Crippen LogP contribution < -0.4 is 0 Å². The van der Waals surface area contributed by atoms with Gasteiger partial charge in [-0.15, -0.1) is 5.92 Å². The lowest BCUT2D eigenvalue weighted by atomic mass is 9.55. The Bertz CT molecular complexity index is 591. The van der Waals surface area contributed by atoms with Gasteiger partial charge in [-0.1, -0.05) is 25.0 Å². The molecule has 0 radical (unpaired) electrons. The molecule has 3 rings (SSSR count). The smallest absolute Gasteiger partial charge is 0.145 e. The lowest BCUT2D eigenvalue weighted by Crippen LogP contribution is -2.43. The molecule has 0 aromatic carbocycles. The van der Waals surface area contributed by atoms with E-state index in [4.69, 9.17) is 0 Å². The maximum atomic E-state index is 12.1. The van der Waals surface area contributed by atoms with Gasteiger partial charge < -0.3 is 0 Å². The second kappa shape index (κ2) is 6.27. The molecule has 2 nitrogen and oxygen atoms in total. The van der Waals surface area contributed by atoms with Gasteiger partial charge in [-0.2, -0.15) is 0 Å². The Morgan fingerprint density at radius 1 is 1.22 bits per heavy atom. The lowest BCUT2D eigenvalue weighted by Gasteiger charge is -2.48. The fourth-order valence-corrected chi connectivity index (χ4v) is 5.67. The van der Waals surface area contributed by atoms with Gasteiger partial charge in [0.25, 0.3) is 0 Å². The van der Waals surface area contributed by atoms with Gasteiger partial charge in [0.1, 0.15) is 11.6 Å². The highest BCUT2D eigenvalue weighted by atomic mass is 16.1. The molecule has 23 heavy (non-hydrogen) atoms.